The fraction of sp³-hybridized carbons (Fsp3) is 0.353. The van der Waals surface area contributed by atoms with Crippen molar-refractivity contribution in [3.63, 3.8) is 0 Å². The molecule has 1 aromatic heterocycles. The molecule has 7 heteroatoms. The summed E-state index contributed by atoms with van der Waals surface area (Å²) in [6.45, 7) is 3.36. The van der Waals surface area contributed by atoms with Crippen LogP contribution in [0.4, 0.5) is 10.3 Å². The van der Waals surface area contributed by atoms with E-state index in [1.807, 2.05) is 7.05 Å². The van der Waals surface area contributed by atoms with Gasteiger partial charge in [-0.25, -0.2) is 14.4 Å². The molecule has 0 aliphatic carbocycles. The van der Waals surface area contributed by atoms with Gasteiger partial charge < -0.3 is 15.1 Å². The highest BCUT2D eigenvalue weighted by atomic mass is 19.1. The van der Waals surface area contributed by atoms with Crippen LogP contribution in [0.3, 0.4) is 0 Å². The van der Waals surface area contributed by atoms with Crippen molar-refractivity contribution in [3.05, 3.63) is 53.6 Å². The number of nitrogens with one attached hydrogen (secondary N) is 1. The van der Waals surface area contributed by atoms with Gasteiger partial charge in [0, 0.05) is 44.5 Å². The Balaban J connectivity index is 1.65. The number of carbonyl (C=O) groups excluding carboxylic acids is 1. The molecule has 3 rings (SSSR count). The zero-order valence-corrected chi connectivity index (χ0v) is 13.6. The fourth-order valence-electron chi connectivity index (χ4n) is 2.55. The molecular formula is C17H20FN5O. The highest BCUT2D eigenvalue weighted by Crippen LogP contribution is 2.10. The van der Waals surface area contributed by atoms with Crippen LogP contribution < -0.4 is 5.32 Å². The number of likely N-dealkylation sites (N-methyl/N-ethyl adjacent to an activating group) is 1. The van der Waals surface area contributed by atoms with Gasteiger partial charge in [-0.3, -0.25) is 4.79 Å². The van der Waals surface area contributed by atoms with Gasteiger partial charge >= 0.3 is 0 Å². The predicted molar refractivity (Wildman–Crippen MR) is 89.2 cm³/mol. The van der Waals surface area contributed by atoms with Crippen molar-refractivity contribution in [1.29, 1.82) is 0 Å². The molecule has 2 aromatic rings. The van der Waals surface area contributed by atoms with Gasteiger partial charge in [-0.05, 0) is 19.2 Å². The molecule has 0 bridgehead atoms. The highest BCUT2D eigenvalue weighted by Gasteiger charge is 2.21. The molecule has 24 heavy (non-hydrogen) atoms. The van der Waals surface area contributed by atoms with Crippen LogP contribution in [0, 0.1) is 5.82 Å². The Morgan fingerprint density at radius 1 is 1.21 bits per heavy atom. The Morgan fingerprint density at radius 2 is 1.96 bits per heavy atom. The van der Waals surface area contributed by atoms with E-state index in [0.717, 1.165) is 13.1 Å². The zero-order chi connectivity index (χ0) is 16.9. The molecule has 1 N–H and O–H groups in total. The monoisotopic (exact) mass is 329 g/mol. The lowest BCUT2D eigenvalue weighted by atomic mass is 10.2. The lowest BCUT2D eigenvalue weighted by Crippen LogP contribution is -2.47. The molecule has 0 saturated carbocycles. The SMILES string of the molecule is CN1CCN(C(=O)c2ccnc(NCc3ccccc3F)n2)CC1. The van der Waals surface area contributed by atoms with Gasteiger partial charge in [0.15, 0.2) is 0 Å². The number of nitrogens with zero attached hydrogens (tertiary/aromatic N) is 4. The van der Waals surface area contributed by atoms with E-state index in [-0.39, 0.29) is 18.3 Å². The van der Waals surface area contributed by atoms with Crippen LogP contribution >= 0.6 is 0 Å². The van der Waals surface area contributed by atoms with Crippen molar-refractivity contribution in [3.8, 4) is 0 Å². The molecule has 1 aromatic carbocycles. The van der Waals surface area contributed by atoms with Gasteiger partial charge in [-0.2, -0.15) is 0 Å². The van der Waals surface area contributed by atoms with E-state index in [0.29, 0.717) is 30.3 Å². The van der Waals surface area contributed by atoms with E-state index >= 15 is 0 Å². The Labute approximate surface area is 140 Å². The Kier molecular flexibility index (Phi) is 5.00. The number of anilines is 1. The first-order valence-corrected chi connectivity index (χ1v) is 7.91. The van der Waals surface area contributed by atoms with E-state index in [9.17, 15) is 9.18 Å². The van der Waals surface area contributed by atoms with E-state index in [2.05, 4.69) is 20.2 Å². The number of hydrogen-bond donors (Lipinski definition) is 1. The largest absolute Gasteiger partial charge is 0.350 e. The molecule has 1 aliphatic heterocycles. The zero-order valence-electron chi connectivity index (χ0n) is 13.6. The molecule has 1 saturated heterocycles. The molecular weight excluding hydrogens is 309 g/mol. The number of halogens is 1. The highest BCUT2D eigenvalue weighted by molar-refractivity contribution is 5.92. The molecule has 0 unspecified atom stereocenters. The Hall–Kier alpha value is -2.54. The minimum atomic E-state index is -0.283. The Bertz CT molecular complexity index is 716. The normalized spacial score (nSPS) is 15.3. The van der Waals surface area contributed by atoms with Crippen molar-refractivity contribution < 1.29 is 9.18 Å². The number of hydrogen-bond acceptors (Lipinski definition) is 5. The molecule has 0 radical (unpaired) electrons. The number of piperazine rings is 1. The maximum absolute atomic E-state index is 13.6. The number of rotatable bonds is 4. The van der Waals surface area contributed by atoms with E-state index in [4.69, 9.17) is 0 Å². The summed E-state index contributed by atoms with van der Waals surface area (Å²) >= 11 is 0. The third-order valence-corrected chi connectivity index (χ3v) is 4.06. The molecule has 6 nitrogen and oxygen atoms in total. The maximum Gasteiger partial charge on any atom is 0.272 e. The third kappa shape index (κ3) is 3.86. The lowest BCUT2D eigenvalue weighted by molar-refractivity contribution is 0.0658. The molecule has 126 valence electrons. The lowest BCUT2D eigenvalue weighted by Gasteiger charge is -2.32. The number of aromatic nitrogens is 2. The van der Waals surface area contributed by atoms with Crippen LogP contribution in [0.15, 0.2) is 36.5 Å². The average molecular weight is 329 g/mol. The standard InChI is InChI=1S/C17H20FN5O/c1-22-8-10-23(11-9-22)16(24)15-6-7-19-17(21-15)20-12-13-4-2-3-5-14(13)18/h2-7H,8-12H2,1H3,(H,19,20,21). The predicted octanol–water partition coefficient (Wildman–Crippen LogP) is 1.62. The fourth-order valence-corrected chi connectivity index (χ4v) is 2.55. The van der Waals surface area contributed by atoms with Crippen LogP contribution in [-0.4, -0.2) is 58.9 Å². The number of carbonyl (C=O) groups is 1. The summed E-state index contributed by atoms with van der Waals surface area (Å²) < 4.78 is 13.6. The number of amides is 1. The molecule has 1 amide bonds. The van der Waals surface area contributed by atoms with Crippen molar-refractivity contribution in [2.45, 2.75) is 6.54 Å². The summed E-state index contributed by atoms with van der Waals surface area (Å²) in [6.07, 6.45) is 1.54. The van der Waals surface area contributed by atoms with Gasteiger partial charge in [-0.1, -0.05) is 18.2 Å². The smallest absolute Gasteiger partial charge is 0.272 e. The van der Waals surface area contributed by atoms with Gasteiger partial charge in [-0.15, -0.1) is 0 Å². The van der Waals surface area contributed by atoms with Crippen LogP contribution in [0.1, 0.15) is 16.1 Å². The minimum Gasteiger partial charge on any atom is -0.350 e. The van der Waals surface area contributed by atoms with Gasteiger partial charge in [0.25, 0.3) is 5.91 Å². The number of benzene rings is 1. The summed E-state index contributed by atoms with van der Waals surface area (Å²) in [5, 5.41) is 2.97. The first-order chi connectivity index (χ1) is 11.6. The second kappa shape index (κ2) is 7.35. The van der Waals surface area contributed by atoms with Gasteiger partial charge in [0.05, 0.1) is 0 Å². The first-order valence-electron chi connectivity index (χ1n) is 7.91. The maximum atomic E-state index is 13.6. The van der Waals surface area contributed by atoms with Crippen LogP contribution in [0.25, 0.3) is 0 Å². The minimum absolute atomic E-state index is 0.0977. The molecule has 2 heterocycles. The molecule has 1 aliphatic rings. The second-order valence-corrected chi connectivity index (χ2v) is 5.81. The van der Waals surface area contributed by atoms with Crippen molar-refractivity contribution in [2.24, 2.45) is 0 Å². The summed E-state index contributed by atoms with van der Waals surface area (Å²) in [7, 11) is 2.04. The molecule has 0 spiro atoms. The van der Waals surface area contributed by atoms with Crippen molar-refractivity contribution >= 4 is 11.9 Å². The van der Waals surface area contributed by atoms with Crippen LogP contribution in [-0.2, 0) is 6.54 Å². The molecule has 0 atom stereocenters. The van der Waals surface area contributed by atoms with Crippen LogP contribution in [0.5, 0.6) is 0 Å². The third-order valence-electron chi connectivity index (χ3n) is 4.06. The summed E-state index contributed by atoms with van der Waals surface area (Å²) in [4.78, 5) is 24.9. The average Bonchev–Trinajstić information content (AvgIpc) is 2.61. The summed E-state index contributed by atoms with van der Waals surface area (Å²) in [5.74, 6) is -0.0626. The van der Waals surface area contributed by atoms with Crippen molar-refractivity contribution in [2.75, 3.05) is 38.5 Å². The van der Waals surface area contributed by atoms with Crippen molar-refractivity contribution in [1.82, 2.24) is 19.8 Å². The molecule has 1 fully saturated rings. The van der Waals surface area contributed by atoms with E-state index in [1.165, 1.54) is 6.07 Å². The summed E-state index contributed by atoms with van der Waals surface area (Å²) in [6, 6.07) is 8.13. The Morgan fingerprint density at radius 3 is 2.71 bits per heavy atom. The second-order valence-electron chi connectivity index (χ2n) is 5.81. The quantitative estimate of drug-likeness (QED) is 0.923. The van der Waals surface area contributed by atoms with E-state index in [1.54, 1.807) is 35.4 Å². The first kappa shape index (κ1) is 16.3. The van der Waals surface area contributed by atoms with Crippen LogP contribution in [0.2, 0.25) is 0 Å². The summed E-state index contributed by atoms with van der Waals surface area (Å²) in [5.41, 5.74) is 0.877. The topological polar surface area (TPSA) is 61.4 Å². The van der Waals surface area contributed by atoms with Gasteiger partial charge in [0.1, 0.15) is 11.5 Å². The van der Waals surface area contributed by atoms with E-state index < -0.39 is 0 Å². The van der Waals surface area contributed by atoms with Gasteiger partial charge in [0.2, 0.25) is 5.95 Å².